The van der Waals surface area contributed by atoms with E-state index in [0.29, 0.717) is 6.07 Å². The monoisotopic (exact) mass is 400 g/mol. The third kappa shape index (κ3) is 2.91. The summed E-state index contributed by atoms with van der Waals surface area (Å²) < 4.78 is 83.8. The number of sulfone groups is 1. The molecule has 27 heavy (non-hydrogen) atoms. The summed E-state index contributed by atoms with van der Waals surface area (Å²) in [7, 11) is -4.73. The Bertz CT molecular complexity index is 1100. The molecular formula is C16H8F4N2O4S. The van der Waals surface area contributed by atoms with E-state index in [1.54, 1.807) is 6.07 Å². The summed E-state index contributed by atoms with van der Waals surface area (Å²) in [5.41, 5.74) is -2.09. The molecule has 0 radical (unpaired) electrons. The fraction of sp³-hybridized carbons (Fsp3) is 0.188. The molecule has 11 heteroatoms. The SMILES string of the molecule is N#Cc1cncc(Oc2ccc(S(=O)(=O)CF)c3c2C(F)C(F)(F)C3=O)c1. The molecule has 0 N–H and O–H groups in total. The zero-order chi connectivity index (χ0) is 20.0. The maximum Gasteiger partial charge on any atom is 0.344 e. The fourth-order valence-corrected chi connectivity index (χ4v) is 3.51. The molecule has 1 atom stereocenters. The van der Waals surface area contributed by atoms with Crippen molar-refractivity contribution in [2.24, 2.45) is 0 Å². The molecule has 140 valence electrons. The number of nitrogens with zero attached hydrogens (tertiary/aromatic N) is 2. The van der Waals surface area contributed by atoms with E-state index < -0.39 is 55.5 Å². The quantitative estimate of drug-likeness (QED) is 0.731. The first-order valence-corrected chi connectivity index (χ1v) is 8.84. The first-order valence-electron chi connectivity index (χ1n) is 7.18. The van der Waals surface area contributed by atoms with Crippen LogP contribution >= 0.6 is 0 Å². The van der Waals surface area contributed by atoms with Gasteiger partial charge in [0, 0.05) is 17.8 Å². The first kappa shape index (κ1) is 18.8. The summed E-state index contributed by atoms with van der Waals surface area (Å²) in [6.07, 6.45) is -0.900. The van der Waals surface area contributed by atoms with Crippen LogP contribution in [0.25, 0.3) is 0 Å². The smallest absolute Gasteiger partial charge is 0.344 e. The second-order valence-corrected chi connectivity index (χ2v) is 7.40. The van der Waals surface area contributed by atoms with Crippen molar-refractivity contribution in [1.82, 2.24) is 4.98 Å². The van der Waals surface area contributed by atoms with Gasteiger partial charge in [0.2, 0.25) is 21.8 Å². The van der Waals surface area contributed by atoms with Crippen molar-refractivity contribution in [3.05, 3.63) is 47.3 Å². The number of benzene rings is 1. The average Bonchev–Trinajstić information content (AvgIpc) is 2.83. The molecule has 6 nitrogen and oxygen atoms in total. The number of ether oxygens (including phenoxy) is 1. The molecule has 1 aliphatic rings. The lowest BCUT2D eigenvalue weighted by Crippen LogP contribution is -2.27. The zero-order valence-corrected chi connectivity index (χ0v) is 13.9. The number of carbonyl (C=O) groups is 1. The molecule has 1 unspecified atom stereocenters. The molecule has 0 aliphatic heterocycles. The lowest BCUT2D eigenvalue weighted by Gasteiger charge is -2.14. The van der Waals surface area contributed by atoms with Crippen molar-refractivity contribution in [2.45, 2.75) is 17.0 Å². The number of pyridine rings is 1. The number of aromatic nitrogens is 1. The minimum atomic E-state index is -4.73. The second kappa shape index (κ2) is 6.31. The van der Waals surface area contributed by atoms with Gasteiger partial charge in [0.25, 0.3) is 0 Å². The Hall–Kier alpha value is -3.00. The van der Waals surface area contributed by atoms with Crippen LogP contribution in [0.15, 0.2) is 35.5 Å². The maximum atomic E-state index is 14.3. The largest absolute Gasteiger partial charge is 0.455 e. The van der Waals surface area contributed by atoms with E-state index in [4.69, 9.17) is 10.00 Å². The Balaban J connectivity index is 2.22. The summed E-state index contributed by atoms with van der Waals surface area (Å²) >= 11 is 0. The van der Waals surface area contributed by atoms with E-state index in [1.165, 1.54) is 12.3 Å². The predicted octanol–water partition coefficient (Wildman–Crippen LogP) is 3.29. The summed E-state index contributed by atoms with van der Waals surface area (Å²) in [6.45, 7) is 0. The molecule has 2 aromatic rings. The number of carbonyl (C=O) groups excluding carboxylic acids is 1. The highest BCUT2D eigenvalue weighted by atomic mass is 32.2. The van der Waals surface area contributed by atoms with Gasteiger partial charge >= 0.3 is 5.92 Å². The van der Waals surface area contributed by atoms with Gasteiger partial charge in [-0.25, -0.2) is 17.2 Å². The van der Waals surface area contributed by atoms with Gasteiger partial charge in [-0.2, -0.15) is 14.0 Å². The van der Waals surface area contributed by atoms with Gasteiger partial charge in [-0.1, -0.05) is 0 Å². The zero-order valence-electron chi connectivity index (χ0n) is 13.1. The molecule has 0 spiro atoms. The van der Waals surface area contributed by atoms with Crippen molar-refractivity contribution in [2.75, 3.05) is 6.01 Å². The van der Waals surface area contributed by atoms with Gasteiger partial charge in [-0.15, -0.1) is 0 Å². The number of ketones is 1. The van der Waals surface area contributed by atoms with Crippen molar-refractivity contribution in [1.29, 1.82) is 5.26 Å². The molecule has 1 heterocycles. The van der Waals surface area contributed by atoms with Crippen LogP contribution in [0, 0.1) is 11.3 Å². The highest BCUT2D eigenvalue weighted by Crippen LogP contribution is 2.51. The van der Waals surface area contributed by atoms with Crippen LogP contribution in [0.5, 0.6) is 11.5 Å². The molecule has 0 bridgehead atoms. The van der Waals surface area contributed by atoms with Crippen LogP contribution in [-0.2, 0) is 9.84 Å². The Labute approximate surface area is 149 Å². The summed E-state index contributed by atoms with van der Waals surface area (Å²) in [5, 5.41) is 8.83. The van der Waals surface area contributed by atoms with Gasteiger partial charge in [-0.05, 0) is 12.1 Å². The molecule has 1 aliphatic carbocycles. The minimum absolute atomic E-state index is 0.0546. The number of hydrogen-bond acceptors (Lipinski definition) is 6. The maximum absolute atomic E-state index is 14.3. The number of hydrogen-bond donors (Lipinski definition) is 0. The second-order valence-electron chi connectivity index (χ2n) is 5.51. The van der Waals surface area contributed by atoms with E-state index in [2.05, 4.69) is 4.98 Å². The third-order valence-corrected chi connectivity index (χ3v) is 5.12. The number of nitriles is 1. The highest BCUT2D eigenvalue weighted by molar-refractivity contribution is 7.91. The van der Waals surface area contributed by atoms with Gasteiger partial charge < -0.3 is 4.74 Å². The first-order chi connectivity index (χ1) is 12.6. The van der Waals surface area contributed by atoms with Crippen LogP contribution in [-0.4, -0.2) is 31.1 Å². The van der Waals surface area contributed by atoms with E-state index in [0.717, 1.165) is 12.3 Å². The van der Waals surface area contributed by atoms with Crippen molar-refractivity contribution in [3.8, 4) is 17.6 Å². The lowest BCUT2D eigenvalue weighted by molar-refractivity contribution is -0.0368. The topological polar surface area (TPSA) is 97.1 Å². The molecule has 0 amide bonds. The molecule has 0 saturated carbocycles. The number of fused-ring (bicyclic) bond motifs is 1. The van der Waals surface area contributed by atoms with Crippen LogP contribution in [0.3, 0.4) is 0 Å². The number of halogens is 4. The molecule has 1 aromatic heterocycles. The Kier molecular flexibility index (Phi) is 4.39. The molecular weight excluding hydrogens is 392 g/mol. The lowest BCUT2D eigenvalue weighted by atomic mass is 10.1. The van der Waals surface area contributed by atoms with Crippen molar-refractivity contribution < 1.29 is 35.5 Å². The van der Waals surface area contributed by atoms with Gasteiger partial charge in [0.05, 0.1) is 22.2 Å². The summed E-state index contributed by atoms with van der Waals surface area (Å²) in [5.74, 6) is -7.31. The van der Waals surface area contributed by atoms with E-state index in [1.807, 2.05) is 0 Å². The molecule has 0 fully saturated rings. The summed E-state index contributed by atoms with van der Waals surface area (Å²) in [4.78, 5) is 14.6. The number of rotatable bonds is 4. The number of alkyl halides is 4. The Morgan fingerprint density at radius 1 is 1.30 bits per heavy atom. The standard InChI is InChI=1S/C16H8F4N2O4S/c17-7-27(24,25)11-2-1-10(26-9-3-8(4-21)5-22-6-9)12-13(11)15(23)16(19,20)14(12)18/h1-3,5-6,14H,7H2. The predicted molar refractivity (Wildman–Crippen MR) is 81.8 cm³/mol. The normalized spacial score (nSPS) is 18.0. The van der Waals surface area contributed by atoms with Gasteiger partial charge in [0.15, 0.2) is 6.01 Å². The molecule has 3 rings (SSSR count). The van der Waals surface area contributed by atoms with Crippen LogP contribution in [0.4, 0.5) is 17.6 Å². The Morgan fingerprint density at radius 2 is 2.00 bits per heavy atom. The minimum Gasteiger partial charge on any atom is -0.455 e. The van der Waals surface area contributed by atoms with Crippen LogP contribution in [0.2, 0.25) is 0 Å². The Morgan fingerprint density at radius 3 is 2.63 bits per heavy atom. The molecule has 0 saturated heterocycles. The highest BCUT2D eigenvalue weighted by Gasteiger charge is 2.59. The van der Waals surface area contributed by atoms with Gasteiger partial charge in [-0.3, -0.25) is 9.78 Å². The van der Waals surface area contributed by atoms with Crippen LogP contribution in [0.1, 0.15) is 27.7 Å². The third-order valence-electron chi connectivity index (χ3n) is 3.82. The van der Waals surface area contributed by atoms with E-state index >= 15 is 0 Å². The van der Waals surface area contributed by atoms with Gasteiger partial charge in [0.1, 0.15) is 17.6 Å². The molecule has 1 aromatic carbocycles. The van der Waals surface area contributed by atoms with Crippen molar-refractivity contribution in [3.63, 3.8) is 0 Å². The number of Topliss-reactive ketones (excluding diaryl/α,β-unsaturated/α-hetero) is 1. The van der Waals surface area contributed by atoms with E-state index in [-0.39, 0.29) is 11.3 Å². The van der Waals surface area contributed by atoms with Crippen LogP contribution < -0.4 is 4.74 Å². The average molecular weight is 400 g/mol. The van der Waals surface area contributed by atoms with E-state index in [9.17, 15) is 30.8 Å². The van der Waals surface area contributed by atoms with Crippen molar-refractivity contribution >= 4 is 15.6 Å². The fourth-order valence-electron chi connectivity index (χ4n) is 2.60. The summed E-state index contributed by atoms with van der Waals surface area (Å²) in [6, 6.07) is 2.51.